The third-order valence-corrected chi connectivity index (χ3v) is 5.22. The van der Waals surface area contributed by atoms with Gasteiger partial charge in [-0.2, -0.15) is 0 Å². The van der Waals surface area contributed by atoms with Crippen molar-refractivity contribution in [1.82, 2.24) is 10.6 Å². The molecule has 2 aliphatic heterocycles. The Morgan fingerprint density at radius 2 is 2.12 bits per heavy atom. The van der Waals surface area contributed by atoms with Crippen molar-refractivity contribution in [3.8, 4) is 0 Å². The van der Waals surface area contributed by atoms with Crippen molar-refractivity contribution in [3.63, 3.8) is 0 Å². The predicted molar refractivity (Wildman–Crippen MR) is 108 cm³/mol. The summed E-state index contributed by atoms with van der Waals surface area (Å²) in [4.78, 5) is 0. The van der Waals surface area contributed by atoms with E-state index in [1.54, 1.807) is 12.3 Å². The normalized spacial score (nSPS) is 22.7. The van der Waals surface area contributed by atoms with Crippen LogP contribution in [0.5, 0.6) is 0 Å². The van der Waals surface area contributed by atoms with Crippen LogP contribution in [0.2, 0.25) is 0 Å². The van der Waals surface area contributed by atoms with E-state index in [0.717, 1.165) is 60.6 Å². The first-order valence-corrected chi connectivity index (χ1v) is 9.38. The van der Waals surface area contributed by atoms with E-state index in [0.29, 0.717) is 6.04 Å². The fraction of sp³-hybridized carbons (Fsp3) is 0.429. The highest BCUT2D eigenvalue weighted by Crippen LogP contribution is 2.26. The first kappa shape index (κ1) is 18.5. The first-order chi connectivity index (χ1) is 12.7. The van der Waals surface area contributed by atoms with Gasteiger partial charge in [-0.1, -0.05) is 24.8 Å². The van der Waals surface area contributed by atoms with Gasteiger partial charge in [0.1, 0.15) is 6.67 Å². The smallest absolute Gasteiger partial charge is 0.112 e. The number of rotatable bonds is 5. The van der Waals surface area contributed by atoms with Crippen molar-refractivity contribution < 1.29 is 4.39 Å². The van der Waals surface area contributed by atoms with E-state index in [1.807, 2.05) is 12.3 Å². The number of benzene rings is 1. The molecule has 1 saturated heterocycles. The van der Waals surface area contributed by atoms with E-state index in [9.17, 15) is 4.39 Å². The van der Waals surface area contributed by atoms with E-state index >= 15 is 0 Å². The summed E-state index contributed by atoms with van der Waals surface area (Å²) < 4.78 is 13.1. The minimum atomic E-state index is -0.399. The Morgan fingerprint density at radius 3 is 2.81 bits per heavy atom. The lowest BCUT2D eigenvalue weighted by Gasteiger charge is -2.27. The molecule has 140 valence electrons. The Morgan fingerprint density at radius 1 is 1.31 bits per heavy atom. The molecule has 0 radical (unpaired) electrons. The maximum Gasteiger partial charge on any atom is 0.112 e. The standard InChI is InChI=1S/C21H29FN4/c1-2-3-16-9-17(18-8-15(11-22)13-25-14-18)10-21(20(16)12-23)26-19-4-6-24-7-5-19/h2-3,9-10,12-13,18-19,24-26H,1,4-8,11,14,23H2/b16-3-,20-12+. The van der Waals surface area contributed by atoms with Crippen LogP contribution in [0.4, 0.5) is 10.1 Å². The van der Waals surface area contributed by atoms with Crippen LogP contribution in [0.3, 0.4) is 0 Å². The molecule has 26 heavy (non-hydrogen) atoms. The molecule has 3 rings (SSSR count). The van der Waals surface area contributed by atoms with Gasteiger partial charge in [0.05, 0.1) is 0 Å². The summed E-state index contributed by atoms with van der Waals surface area (Å²) in [6, 6.07) is 4.78. The molecule has 0 aliphatic carbocycles. The van der Waals surface area contributed by atoms with Gasteiger partial charge in [-0.05, 0) is 61.0 Å². The van der Waals surface area contributed by atoms with Crippen LogP contribution in [-0.4, -0.2) is 32.4 Å². The van der Waals surface area contributed by atoms with Crippen molar-refractivity contribution in [2.45, 2.75) is 31.2 Å². The van der Waals surface area contributed by atoms with E-state index in [-0.39, 0.29) is 5.92 Å². The van der Waals surface area contributed by atoms with Crippen LogP contribution >= 0.6 is 0 Å². The maximum absolute atomic E-state index is 13.1. The molecule has 0 aromatic heterocycles. The second kappa shape index (κ2) is 8.90. The van der Waals surface area contributed by atoms with Crippen molar-refractivity contribution >= 4 is 18.0 Å². The first-order valence-electron chi connectivity index (χ1n) is 9.38. The number of nitrogens with one attached hydrogen (secondary N) is 3. The van der Waals surface area contributed by atoms with Gasteiger partial charge in [0.25, 0.3) is 0 Å². The minimum absolute atomic E-state index is 0.253. The zero-order valence-electron chi connectivity index (χ0n) is 15.2. The van der Waals surface area contributed by atoms with Gasteiger partial charge >= 0.3 is 0 Å². The van der Waals surface area contributed by atoms with E-state index in [1.165, 1.54) is 5.56 Å². The van der Waals surface area contributed by atoms with Crippen LogP contribution < -0.4 is 32.1 Å². The van der Waals surface area contributed by atoms with Gasteiger partial charge in [-0.15, -0.1) is 0 Å². The second-order valence-corrected chi connectivity index (χ2v) is 7.05. The van der Waals surface area contributed by atoms with Gasteiger partial charge < -0.3 is 21.7 Å². The molecule has 0 bridgehead atoms. The highest BCUT2D eigenvalue weighted by molar-refractivity contribution is 5.55. The van der Waals surface area contributed by atoms with Crippen LogP contribution in [0, 0.1) is 0 Å². The molecule has 1 atom stereocenters. The summed E-state index contributed by atoms with van der Waals surface area (Å²) in [5.74, 6) is 0.253. The van der Waals surface area contributed by atoms with Gasteiger partial charge in [0.2, 0.25) is 0 Å². The highest BCUT2D eigenvalue weighted by atomic mass is 19.1. The van der Waals surface area contributed by atoms with Crippen LogP contribution in [0.25, 0.3) is 12.3 Å². The number of allylic oxidation sites excluding steroid dienone is 2. The molecule has 0 spiro atoms. The van der Waals surface area contributed by atoms with E-state index in [4.69, 9.17) is 5.73 Å². The summed E-state index contributed by atoms with van der Waals surface area (Å²) in [6.45, 7) is 6.31. The van der Waals surface area contributed by atoms with Crippen molar-refractivity contribution in [2.24, 2.45) is 5.73 Å². The topological polar surface area (TPSA) is 62.1 Å². The highest BCUT2D eigenvalue weighted by Gasteiger charge is 2.19. The Labute approximate surface area is 154 Å². The number of halogens is 1. The average molecular weight is 356 g/mol. The molecule has 1 aromatic rings. The summed E-state index contributed by atoms with van der Waals surface area (Å²) in [6.07, 6.45) is 10.2. The van der Waals surface area contributed by atoms with E-state index in [2.05, 4.69) is 34.7 Å². The molecule has 5 heteroatoms. The number of piperidine rings is 1. The average Bonchev–Trinajstić information content (AvgIpc) is 2.69. The monoisotopic (exact) mass is 356 g/mol. The molecule has 1 unspecified atom stereocenters. The molecule has 1 fully saturated rings. The van der Waals surface area contributed by atoms with Crippen LogP contribution in [-0.2, 0) is 0 Å². The number of nitrogens with two attached hydrogens (primary N) is 1. The van der Waals surface area contributed by atoms with Crippen LogP contribution in [0.1, 0.15) is 30.7 Å². The molecule has 2 heterocycles. The molecular formula is C21H29FN4. The molecular weight excluding hydrogens is 327 g/mol. The van der Waals surface area contributed by atoms with Crippen molar-refractivity contribution in [3.05, 3.63) is 52.6 Å². The molecule has 0 amide bonds. The minimum Gasteiger partial charge on any atom is -0.404 e. The number of alkyl halides is 1. The number of anilines is 1. The zero-order chi connectivity index (χ0) is 18.4. The maximum atomic E-state index is 13.1. The Bertz CT molecular complexity index is 778. The Kier molecular flexibility index (Phi) is 6.34. The molecule has 1 aromatic carbocycles. The summed E-state index contributed by atoms with van der Waals surface area (Å²) in [5, 5.41) is 12.4. The fourth-order valence-electron chi connectivity index (χ4n) is 3.81. The lowest BCUT2D eigenvalue weighted by molar-refractivity contribution is 0.478. The van der Waals surface area contributed by atoms with Crippen molar-refractivity contribution in [1.29, 1.82) is 0 Å². The third-order valence-electron chi connectivity index (χ3n) is 5.22. The summed E-state index contributed by atoms with van der Waals surface area (Å²) in [5.41, 5.74) is 9.03. The van der Waals surface area contributed by atoms with Gasteiger partial charge in [-0.3, -0.25) is 0 Å². The van der Waals surface area contributed by atoms with Gasteiger partial charge in [-0.25, -0.2) is 4.39 Å². The largest absolute Gasteiger partial charge is 0.404 e. The summed E-state index contributed by atoms with van der Waals surface area (Å²) in [7, 11) is 0. The lowest BCUT2D eigenvalue weighted by Crippen LogP contribution is -2.39. The van der Waals surface area contributed by atoms with Gasteiger partial charge in [0, 0.05) is 35.6 Å². The Balaban J connectivity index is 1.99. The molecule has 0 saturated carbocycles. The Hall–Kier alpha value is -2.27. The van der Waals surface area contributed by atoms with Crippen LogP contribution in [0.15, 0.2) is 36.6 Å². The zero-order valence-corrected chi connectivity index (χ0v) is 15.2. The molecule has 5 N–H and O–H groups in total. The SMILES string of the molecule is C=C/C=c1/cc(C2CNC=C(CF)C2)cc(NC2CCNCC2)/c1=C/N. The molecule has 4 nitrogen and oxygen atoms in total. The second-order valence-electron chi connectivity index (χ2n) is 7.05. The predicted octanol–water partition coefficient (Wildman–Crippen LogP) is 1.44. The third kappa shape index (κ3) is 4.28. The van der Waals surface area contributed by atoms with Crippen molar-refractivity contribution in [2.75, 3.05) is 31.6 Å². The fourth-order valence-corrected chi connectivity index (χ4v) is 3.81. The molecule has 2 aliphatic rings. The lowest BCUT2D eigenvalue weighted by atomic mass is 9.89. The summed E-state index contributed by atoms with van der Waals surface area (Å²) >= 11 is 0. The van der Waals surface area contributed by atoms with Gasteiger partial charge in [0.15, 0.2) is 0 Å². The quantitative estimate of drug-likeness (QED) is 0.645. The van der Waals surface area contributed by atoms with E-state index < -0.39 is 6.67 Å². The number of hydrogen-bond acceptors (Lipinski definition) is 4. The number of hydrogen-bond donors (Lipinski definition) is 4.